The van der Waals surface area contributed by atoms with E-state index in [1.807, 2.05) is 6.92 Å². The molecule has 0 heterocycles. The summed E-state index contributed by atoms with van der Waals surface area (Å²) in [6, 6.07) is 0. The van der Waals surface area contributed by atoms with Crippen LogP contribution in [-0.2, 0) is 9.59 Å². The third kappa shape index (κ3) is 15.9. The summed E-state index contributed by atoms with van der Waals surface area (Å²) in [6.45, 7) is 1.84. The van der Waals surface area contributed by atoms with Gasteiger partial charge in [-0.3, -0.25) is 4.79 Å². The number of carboxylic acids is 2. The van der Waals surface area contributed by atoms with E-state index < -0.39 is 18.4 Å². The fraction of sp³-hybridized carbons (Fsp3) is 0.667. The lowest BCUT2D eigenvalue weighted by Gasteiger charge is -1.81. The van der Waals surface area contributed by atoms with Crippen LogP contribution in [0, 0.1) is 0 Å². The maximum absolute atomic E-state index is 10.6. The zero-order valence-electron chi connectivity index (χ0n) is 6.46. The molecule has 0 saturated carbocycles. The number of carbonyl (C=O) groups is 2. The fourth-order valence-corrected chi connectivity index (χ4v) is 0.214. The quantitative estimate of drug-likeness (QED) is 0.691. The predicted octanol–water partition coefficient (Wildman–Crippen LogP) is 1.21. The highest BCUT2D eigenvalue weighted by molar-refractivity contribution is 5.70. The van der Waals surface area contributed by atoms with Crippen LogP contribution in [0.25, 0.3) is 0 Å². The smallest absolute Gasteiger partial charge is 0.371 e. The molecule has 2 N–H and O–H groups in total. The second-order valence-corrected chi connectivity index (χ2v) is 1.78. The second kappa shape index (κ2) is 7.90. The minimum atomic E-state index is -3.23. The average Bonchev–Trinajstić information content (AvgIpc) is 1.87. The van der Waals surface area contributed by atoms with E-state index in [0.29, 0.717) is 6.42 Å². The van der Waals surface area contributed by atoms with Gasteiger partial charge in [0.05, 0.1) is 0 Å². The van der Waals surface area contributed by atoms with Gasteiger partial charge in [-0.1, -0.05) is 6.92 Å². The summed E-state index contributed by atoms with van der Waals surface area (Å²) in [5.41, 5.74) is 0. The normalized spacial score (nSPS) is 8.67. The molecule has 0 aromatic heterocycles. The maximum Gasteiger partial charge on any atom is 0.371 e. The van der Waals surface area contributed by atoms with Crippen LogP contribution in [0.4, 0.5) is 8.78 Å². The number of alkyl halides is 2. The molecule has 0 rings (SSSR count). The molecule has 72 valence electrons. The van der Waals surface area contributed by atoms with Crippen molar-refractivity contribution in [1.82, 2.24) is 0 Å². The number of carboxylic acid groups (broad SMARTS) is 2. The van der Waals surface area contributed by atoms with E-state index in [9.17, 15) is 13.6 Å². The van der Waals surface area contributed by atoms with Crippen molar-refractivity contribution in [3.63, 3.8) is 0 Å². The van der Waals surface area contributed by atoms with Gasteiger partial charge in [0.1, 0.15) is 0 Å². The highest BCUT2D eigenvalue weighted by Crippen LogP contribution is 1.87. The number of hydrogen-bond donors (Lipinski definition) is 2. The summed E-state index contributed by atoms with van der Waals surface area (Å²) in [5, 5.41) is 15.2. The summed E-state index contributed by atoms with van der Waals surface area (Å²) >= 11 is 0. The third-order valence-corrected chi connectivity index (χ3v) is 0.651. The summed E-state index contributed by atoms with van der Waals surface area (Å²) < 4.78 is 21.1. The van der Waals surface area contributed by atoms with Crippen molar-refractivity contribution in [2.45, 2.75) is 26.2 Å². The van der Waals surface area contributed by atoms with E-state index in [0.717, 1.165) is 6.42 Å². The van der Waals surface area contributed by atoms with Crippen LogP contribution in [-0.4, -0.2) is 28.6 Å². The molecule has 0 aliphatic carbocycles. The van der Waals surface area contributed by atoms with Gasteiger partial charge in [-0.2, -0.15) is 8.78 Å². The van der Waals surface area contributed by atoms with Gasteiger partial charge in [-0.15, -0.1) is 0 Å². The van der Waals surface area contributed by atoms with Crippen LogP contribution in [0.5, 0.6) is 0 Å². The van der Waals surface area contributed by atoms with E-state index in [2.05, 4.69) is 0 Å². The van der Waals surface area contributed by atoms with Crippen molar-refractivity contribution >= 4 is 11.9 Å². The van der Waals surface area contributed by atoms with Crippen LogP contribution in [0.3, 0.4) is 0 Å². The molecule has 0 aliphatic rings. The minimum Gasteiger partial charge on any atom is -0.481 e. The largest absolute Gasteiger partial charge is 0.481 e. The van der Waals surface area contributed by atoms with Crippen molar-refractivity contribution in [2.24, 2.45) is 0 Å². The number of hydrogen-bond acceptors (Lipinski definition) is 2. The molecule has 4 nitrogen and oxygen atoms in total. The molecule has 0 bridgehead atoms. The average molecular weight is 184 g/mol. The number of halogens is 2. The Balaban J connectivity index is 0. The first-order valence-electron chi connectivity index (χ1n) is 3.14. The van der Waals surface area contributed by atoms with Gasteiger partial charge >= 0.3 is 18.4 Å². The monoisotopic (exact) mass is 184 g/mol. The van der Waals surface area contributed by atoms with Crippen LogP contribution >= 0.6 is 0 Å². The van der Waals surface area contributed by atoms with E-state index in [4.69, 9.17) is 15.0 Å². The van der Waals surface area contributed by atoms with Gasteiger partial charge in [-0.05, 0) is 6.42 Å². The topological polar surface area (TPSA) is 74.6 Å². The Bertz CT molecular complexity index is 146. The SMILES string of the molecule is CCCC(=O)O.O=C(O)C(F)F. The van der Waals surface area contributed by atoms with Gasteiger partial charge < -0.3 is 10.2 Å². The van der Waals surface area contributed by atoms with Gasteiger partial charge in [0, 0.05) is 6.42 Å². The van der Waals surface area contributed by atoms with E-state index in [-0.39, 0.29) is 0 Å². The maximum atomic E-state index is 10.6. The Kier molecular flexibility index (Phi) is 8.82. The van der Waals surface area contributed by atoms with Gasteiger partial charge in [0.25, 0.3) is 0 Å². The molecule has 0 radical (unpaired) electrons. The summed E-state index contributed by atoms with van der Waals surface area (Å²) in [6.07, 6.45) is -2.21. The molecule has 0 fully saturated rings. The van der Waals surface area contributed by atoms with Crippen molar-refractivity contribution in [2.75, 3.05) is 0 Å². The van der Waals surface area contributed by atoms with E-state index >= 15 is 0 Å². The van der Waals surface area contributed by atoms with E-state index in [1.54, 1.807) is 0 Å². The zero-order chi connectivity index (χ0) is 10.1. The summed E-state index contributed by atoms with van der Waals surface area (Å²) in [4.78, 5) is 18.5. The Labute approximate surface area is 67.8 Å². The first-order valence-corrected chi connectivity index (χ1v) is 3.14. The number of aliphatic carboxylic acids is 2. The highest BCUT2D eigenvalue weighted by atomic mass is 19.3. The molecule has 0 aromatic rings. The van der Waals surface area contributed by atoms with E-state index in [1.165, 1.54) is 0 Å². The van der Waals surface area contributed by atoms with Crippen LogP contribution in [0.1, 0.15) is 19.8 Å². The first kappa shape index (κ1) is 13.4. The van der Waals surface area contributed by atoms with Crippen LogP contribution < -0.4 is 0 Å². The van der Waals surface area contributed by atoms with Gasteiger partial charge in [-0.25, -0.2) is 4.79 Å². The third-order valence-electron chi connectivity index (χ3n) is 0.651. The lowest BCUT2D eigenvalue weighted by molar-refractivity contribution is -0.149. The lowest BCUT2D eigenvalue weighted by atomic mass is 10.4. The molecule has 0 unspecified atom stereocenters. The Hall–Kier alpha value is -1.20. The van der Waals surface area contributed by atoms with Crippen LogP contribution in [0.15, 0.2) is 0 Å². The van der Waals surface area contributed by atoms with Crippen molar-refractivity contribution in [1.29, 1.82) is 0 Å². The Morgan fingerprint density at radius 1 is 1.33 bits per heavy atom. The lowest BCUT2D eigenvalue weighted by Crippen LogP contribution is -2.06. The molecule has 0 saturated heterocycles. The van der Waals surface area contributed by atoms with Gasteiger partial charge in [0.15, 0.2) is 0 Å². The standard InChI is InChI=1S/C4H8O2.C2H2F2O2/c1-2-3-4(5)6;3-1(4)2(5)6/h2-3H2,1H3,(H,5,6);1H,(H,5,6). The van der Waals surface area contributed by atoms with Crippen molar-refractivity contribution in [3.05, 3.63) is 0 Å². The number of rotatable bonds is 3. The summed E-state index contributed by atoms with van der Waals surface area (Å²) in [5.74, 6) is -2.78. The predicted molar refractivity (Wildman–Crippen MR) is 36.2 cm³/mol. The highest BCUT2D eigenvalue weighted by Gasteiger charge is 2.10. The van der Waals surface area contributed by atoms with Crippen LogP contribution in [0.2, 0.25) is 0 Å². The molecular weight excluding hydrogens is 174 g/mol. The summed E-state index contributed by atoms with van der Waals surface area (Å²) in [7, 11) is 0. The fourth-order valence-electron chi connectivity index (χ4n) is 0.214. The van der Waals surface area contributed by atoms with Crippen molar-refractivity contribution in [3.8, 4) is 0 Å². The zero-order valence-corrected chi connectivity index (χ0v) is 6.46. The Morgan fingerprint density at radius 3 is 1.67 bits per heavy atom. The molecule has 12 heavy (non-hydrogen) atoms. The minimum absolute atomic E-state index is 0.292. The Morgan fingerprint density at radius 2 is 1.67 bits per heavy atom. The molecular formula is C6H10F2O4. The molecule has 0 amide bonds. The molecule has 0 aromatic carbocycles. The first-order chi connectivity index (χ1) is 5.41. The molecule has 0 aliphatic heterocycles. The molecule has 6 heteroatoms. The molecule has 0 spiro atoms. The molecule has 0 atom stereocenters. The second-order valence-electron chi connectivity index (χ2n) is 1.78. The van der Waals surface area contributed by atoms with Gasteiger partial charge in [0.2, 0.25) is 0 Å². The van der Waals surface area contributed by atoms with Crippen molar-refractivity contribution < 1.29 is 28.6 Å².